The summed E-state index contributed by atoms with van der Waals surface area (Å²) < 4.78 is 35.4. The summed E-state index contributed by atoms with van der Waals surface area (Å²) in [5, 5.41) is 11.3. The lowest BCUT2D eigenvalue weighted by Crippen LogP contribution is -2.34. The molecule has 0 aliphatic rings. The summed E-state index contributed by atoms with van der Waals surface area (Å²) in [4.78, 5) is 25.1. The number of aliphatic hydroxyl groups excluding tert-OH is 1. The summed E-state index contributed by atoms with van der Waals surface area (Å²) in [6.45, 7) is 1.48. The molecule has 8 heteroatoms. The van der Waals surface area contributed by atoms with Gasteiger partial charge in [-0.25, -0.2) is 8.78 Å². The maximum Gasteiger partial charge on any atom is 0.256 e. The van der Waals surface area contributed by atoms with Gasteiger partial charge in [0.25, 0.3) is 5.91 Å². The predicted octanol–water partition coefficient (Wildman–Crippen LogP) is 2.45. The van der Waals surface area contributed by atoms with E-state index >= 15 is 0 Å². The summed E-state index contributed by atoms with van der Waals surface area (Å²) in [6, 6.07) is 8.71. The number of carbonyl (C=O) groups excluding carboxylic acids is 1. The first-order valence-electron chi connectivity index (χ1n) is 8.92. The van der Waals surface area contributed by atoms with Gasteiger partial charge >= 0.3 is 0 Å². The summed E-state index contributed by atoms with van der Waals surface area (Å²) >= 11 is 0. The van der Waals surface area contributed by atoms with Gasteiger partial charge in [-0.3, -0.25) is 9.59 Å². The monoisotopic (exact) mass is 402 g/mol. The summed E-state index contributed by atoms with van der Waals surface area (Å²) in [7, 11) is 1.53. The fraction of sp³-hybridized carbons (Fsp3) is 0.238. The number of ether oxygens (including phenoxy) is 1. The Kier molecular flexibility index (Phi) is 5.93. The molecule has 2 aromatic carbocycles. The van der Waals surface area contributed by atoms with Gasteiger partial charge in [-0.05, 0) is 36.8 Å². The number of hydrogen-bond donors (Lipinski definition) is 2. The molecule has 0 radical (unpaired) electrons. The Morgan fingerprint density at radius 1 is 1.17 bits per heavy atom. The van der Waals surface area contributed by atoms with Crippen molar-refractivity contribution in [1.82, 2.24) is 9.88 Å². The lowest BCUT2D eigenvalue weighted by Gasteiger charge is -2.15. The maximum absolute atomic E-state index is 14.5. The number of amides is 1. The van der Waals surface area contributed by atoms with E-state index in [1.165, 1.54) is 24.8 Å². The van der Waals surface area contributed by atoms with Gasteiger partial charge in [0.2, 0.25) is 5.43 Å². The molecule has 1 aromatic heterocycles. The minimum absolute atomic E-state index is 0.0829. The minimum Gasteiger partial charge on any atom is -0.497 e. The SMILES string of the molecule is COc1ccc(Cn2cc(C(=O)NC[C@H](C)O)c(=O)c3c(F)ccc(F)c32)cc1. The molecule has 3 aromatic rings. The Bertz CT molecular complexity index is 1110. The highest BCUT2D eigenvalue weighted by atomic mass is 19.1. The first-order chi connectivity index (χ1) is 13.8. The second kappa shape index (κ2) is 8.40. The normalized spacial score (nSPS) is 12.0. The lowest BCUT2D eigenvalue weighted by atomic mass is 10.1. The number of halogens is 2. The van der Waals surface area contributed by atoms with E-state index in [-0.39, 0.29) is 24.2 Å². The van der Waals surface area contributed by atoms with Crippen molar-refractivity contribution in [3.05, 3.63) is 75.6 Å². The van der Waals surface area contributed by atoms with E-state index in [1.54, 1.807) is 24.3 Å². The van der Waals surface area contributed by atoms with Crippen molar-refractivity contribution >= 4 is 16.8 Å². The van der Waals surface area contributed by atoms with E-state index in [4.69, 9.17) is 4.74 Å². The standard InChI is InChI=1S/C21H20F2N2O4/c1-12(26)9-24-21(28)15-11-25(10-13-3-5-14(29-2)6-4-13)19-17(23)8-7-16(22)18(19)20(15)27/h3-8,11-12,26H,9-10H2,1-2H3,(H,24,28)/t12-/m0/s1. The van der Waals surface area contributed by atoms with Crippen LogP contribution < -0.4 is 15.5 Å². The lowest BCUT2D eigenvalue weighted by molar-refractivity contribution is 0.0922. The number of aromatic nitrogens is 1. The number of benzene rings is 2. The molecule has 0 spiro atoms. The molecular weight excluding hydrogens is 382 g/mol. The zero-order valence-electron chi connectivity index (χ0n) is 15.9. The largest absolute Gasteiger partial charge is 0.497 e. The molecule has 1 heterocycles. The van der Waals surface area contributed by atoms with Crippen LogP contribution in [-0.4, -0.2) is 35.3 Å². The van der Waals surface area contributed by atoms with Crippen LogP contribution in [0.25, 0.3) is 10.9 Å². The Labute approximate surface area is 165 Å². The van der Waals surface area contributed by atoms with Gasteiger partial charge in [0.15, 0.2) is 0 Å². The Hall–Kier alpha value is -3.26. The molecule has 0 saturated heterocycles. The van der Waals surface area contributed by atoms with Crippen molar-refractivity contribution in [2.24, 2.45) is 0 Å². The fourth-order valence-electron chi connectivity index (χ4n) is 3.00. The molecular formula is C21H20F2N2O4. The van der Waals surface area contributed by atoms with Crippen molar-refractivity contribution in [3.63, 3.8) is 0 Å². The van der Waals surface area contributed by atoms with E-state index in [9.17, 15) is 23.5 Å². The number of fused-ring (bicyclic) bond motifs is 1. The molecule has 29 heavy (non-hydrogen) atoms. The first kappa shape index (κ1) is 20.5. The van der Waals surface area contributed by atoms with Crippen LogP contribution in [0.3, 0.4) is 0 Å². The zero-order valence-corrected chi connectivity index (χ0v) is 15.9. The number of methoxy groups -OCH3 is 1. The molecule has 0 bridgehead atoms. The quantitative estimate of drug-likeness (QED) is 0.664. The smallest absolute Gasteiger partial charge is 0.256 e. The van der Waals surface area contributed by atoms with Crippen LogP contribution in [0.15, 0.2) is 47.4 Å². The summed E-state index contributed by atoms with van der Waals surface area (Å²) in [5.41, 5.74) is -0.741. The average molecular weight is 402 g/mol. The van der Waals surface area contributed by atoms with Crippen LogP contribution in [0.2, 0.25) is 0 Å². The van der Waals surface area contributed by atoms with Gasteiger partial charge in [0, 0.05) is 19.3 Å². The number of nitrogens with zero attached hydrogens (tertiary/aromatic N) is 1. The van der Waals surface area contributed by atoms with Crippen LogP contribution in [-0.2, 0) is 6.54 Å². The van der Waals surface area contributed by atoms with Gasteiger partial charge in [-0.1, -0.05) is 12.1 Å². The second-order valence-corrected chi connectivity index (χ2v) is 6.66. The highest BCUT2D eigenvalue weighted by Crippen LogP contribution is 2.21. The average Bonchev–Trinajstić information content (AvgIpc) is 2.70. The number of pyridine rings is 1. The highest BCUT2D eigenvalue weighted by molar-refractivity contribution is 5.97. The number of hydrogen-bond acceptors (Lipinski definition) is 4. The van der Waals surface area contributed by atoms with E-state index in [2.05, 4.69) is 5.32 Å². The van der Waals surface area contributed by atoms with Gasteiger partial charge < -0.3 is 19.7 Å². The molecule has 3 rings (SSSR count). The van der Waals surface area contributed by atoms with Crippen LogP contribution in [0.5, 0.6) is 5.75 Å². The molecule has 0 saturated carbocycles. The van der Waals surface area contributed by atoms with Gasteiger partial charge in [-0.2, -0.15) is 0 Å². The molecule has 1 atom stereocenters. The number of carbonyl (C=O) groups is 1. The van der Waals surface area contributed by atoms with E-state index in [0.717, 1.165) is 17.7 Å². The Morgan fingerprint density at radius 3 is 2.45 bits per heavy atom. The van der Waals surface area contributed by atoms with Gasteiger partial charge in [-0.15, -0.1) is 0 Å². The third-order valence-electron chi connectivity index (χ3n) is 4.44. The van der Waals surface area contributed by atoms with Crippen LogP contribution >= 0.6 is 0 Å². The van der Waals surface area contributed by atoms with Gasteiger partial charge in [0.1, 0.15) is 22.9 Å². The zero-order chi connectivity index (χ0) is 21.1. The minimum atomic E-state index is -0.917. The molecule has 0 aliphatic carbocycles. The Morgan fingerprint density at radius 2 is 1.83 bits per heavy atom. The van der Waals surface area contributed by atoms with Crippen molar-refractivity contribution < 1.29 is 23.4 Å². The number of aliphatic hydroxyl groups is 1. The fourth-order valence-corrected chi connectivity index (χ4v) is 3.00. The Balaban J connectivity index is 2.15. The summed E-state index contributed by atoms with van der Waals surface area (Å²) in [5.74, 6) is -1.83. The van der Waals surface area contributed by atoms with Crippen molar-refractivity contribution in [2.45, 2.75) is 19.6 Å². The van der Waals surface area contributed by atoms with Crippen LogP contribution in [0, 0.1) is 11.6 Å². The van der Waals surface area contributed by atoms with Crippen LogP contribution in [0.1, 0.15) is 22.8 Å². The number of nitrogens with one attached hydrogen (secondary N) is 1. The molecule has 6 nitrogen and oxygen atoms in total. The number of rotatable bonds is 6. The van der Waals surface area contributed by atoms with Crippen molar-refractivity contribution in [1.29, 1.82) is 0 Å². The third kappa shape index (κ3) is 4.27. The second-order valence-electron chi connectivity index (χ2n) is 6.66. The van der Waals surface area contributed by atoms with Gasteiger partial charge in [0.05, 0.1) is 24.1 Å². The van der Waals surface area contributed by atoms with Crippen molar-refractivity contribution in [2.75, 3.05) is 13.7 Å². The first-order valence-corrected chi connectivity index (χ1v) is 8.92. The molecule has 0 aliphatic heterocycles. The molecule has 2 N–H and O–H groups in total. The third-order valence-corrected chi connectivity index (χ3v) is 4.44. The molecule has 0 unspecified atom stereocenters. The van der Waals surface area contributed by atoms with E-state index in [0.29, 0.717) is 5.75 Å². The van der Waals surface area contributed by atoms with E-state index in [1.807, 2.05) is 0 Å². The van der Waals surface area contributed by atoms with Crippen molar-refractivity contribution in [3.8, 4) is 5.75 Å². The van der Waals surface area contributed by atoms with Crippen LogP contribution in [0.4, 0.5) is 8.78 Å². The predicted molar refractivity (Wildman–Crippen MR) is 104 cm³/mol. The topological polar surface area (TPSA) is 80.6 Å². The molecule has 0 fully saturated rings. The molecule has 1 amide bonds. The van der Waals surface area contributed by atoms with E-state index < -0.39 is 34.5 Å². The summed E-state index contributed by atoms with van der Waals surface area (Å²) in [6.07, 6.45) is 0.379. The maximum atomic E-state index is 14.5. The highest BCUT2D eigenvalue weighted by Gasteiger charge is 2.20. The molecule has 152 valence electrons.